The maximum Gasteiger partial charge on any atom is 0.277 e. The zero-order valence-electron chi connectivity index (χ0n) is 24.2. The predicted octanol–water partition coefficient (Wildman–Crippen LogP) is 2.70. The third-order valence-electron chi connectivity index (χ3n) is 5.78. The summed E-state index contributed by atoms with van der Waals surface area (Å²) in [6.45, 7) is -0.478. The summed E-state index contributed by atoms with van der Waals surface area (Å²) in [4.78, 5) is 41.0. The molecule has 0 unspecified atom stereocenters. The summed E-state index contributed by atoms with van der Waals surface area (Å²) in [5, 5.41) is 4.33. The van der Waals surface area contributed by atoms with Gasteiger partial charge in [-0.2, -0.15) is 5.10 Å². The van der Waals surface area contributed by atoms with Crippen molar-refractivity contribution in [2.75, 3.05) is 30.0 Å². The molecule has 0 aliphatic carbocycles. The number of amides is 3. The van der Waals surface area contributed by atoms with Crippen LogP contribution in [0.3, 0.4) is 0 Å². The van der Waals surface area contributed by atoms with E-state index in [0.29, 0.717) is 22.7 Å². The van der Waals surface area contributed by atoms with Crippen LogP contribution in [-0.2, 0) is 11.2 Å². The van der Waals surface area contributed by atoms with Crippen LogP contribution in [0.5, 0.6) is 5.75 Å². The minimum atomic E-state index is -3.09. The molecule has 9 heteroatoms. The predicted molar refractivity (Wildman–Crippen MR) is 127 cm³/mol. The van der Waals surface area contributed by atoms with Gasteiger partial charge in [-0.05, 0) is 67.7 Å². The molecule has 2 aromatic carbocycles. The second-order valence-corrected chi connectivity index (χ2v) is 7.69. The van der Waals surface area contributed by atoms with Crippen molar-refractivity contribution in [3.05, 3.63) is 65.5 Å². The number of carbonyl (C=O) groups is 3. The fraction of sp³-hybridized carbons (Fsp3) is 0.280. The lowest BCUT2D eigenvalue weighted by Gasteiger charge is -2.29. The largest absolute Gasteiger partial charge is 0.497 e. The molecule has 0 radical (unpaired) electrons. The molecule has 3 heterocycles. The number of nitrogens with two attached hydrogens (primary N) is 1. The molecule has 3 aromatic rings. The number of fused-ring (bicyclic) bond motifs is 1. The molecule has 0 spiro atoms. The van der Waals surface area contributed by atoms with E-state index in [1.165, 1.54) is 41.0 Å². The number of nitrogens with zero attached hydrogens (tertiary/aromatic N) is 4. The summed E-state index contributed by atoms with van der Waals surface area (Å²) in [7, 11) is 1.52. The van der Waals surface area contributed by atoms with Crippen LogP contribution in [0.15, 0.2) is 48.5 Å². The molecule has 1 fully saturated rings. The fourth-order valence-corrected chi connectivity index (χ4v) is 4.09. The number of ether oxygens (including phenoxy) is 1. The zero-order chi connectivity index (χ0) is 29.2. The van der Waals surface area contributed by atoms with Gasteiger partial charge in [0.25, 0.3) is 11.8 Å². The van der Waals surface area contributed by atoms with E-state index in [1.54, 1.807) is 24.3 Å². The number of aromatic nitrogens is 2. The molecule has 34 heavy (non-hydrogen) atoms. The lowest BCUT2D eigenvalue weighted by molar-refractivity contribution is -0.119. The maximum absolute atomic E-state index is 13.7. The number of hydrogen-bond acceptors (Lipinski definition) is 5. The van der Waals surface area contributed by atoms with Gasteiger partial charge in [-0.1, -0.05) is 0 Å². The number of anilines is 2. The van der Waals surface area contributed by atoms with Crippen LogP contribution < -0.4 is 20.3 Å². The number of piperidine rings is 1. The highest BCUT2D eigenvalue weighted by Crippen LogP contribution is 2.31. The summed E-state index contributed by atoms with van der Waals surface area (Å²) in [6, 6.07) is 12.7. The quantitative estimate of drug-likeness (QED) is 0.623. The van der Waals surface area contributed by atoms with Gasteiger partial charge >= 0.3 is 0 Å². The van der Waals surface area contributed by atoms with Gasteiger partial charge in [0.15, 0.2) is 5.69 Å². The highest BCUT2D eigenvalue weighted by Gasteiger charge is 2.34. The highest BCUT2D eigenvalue weighted by atomic mass is 16.5. The molecule has 2 N–H and O–H groups in total. The first-order valence-electron chi connectivity index (χ1n) is 13.5. The van der Waals surface area contributed by atoms with Crippen molar-refractivity contribution in [2.24, 2.45) is 5.73 Å². The van der Waals surface area contributed by atoms with Gasteiger partial charge in [-0.25, -0.2) is 4.68 Å². The molecule has 9 nitrogen and oxygen atoms in total. The molecule has 5 rings (SSSR count). The highest BCUT2D eigenvalue weighted by molar-refractivity contribution is 6.09. The van der Waals surface area contributed by atoms with E-state index in [0.717, 1.165) is 4.90 Å². The topological polar surface area (TPSA) is 111 Å². The van der Waals surface area contributed by atoms with Crippen molar-refractivity contribution in [1.82, 2.24) is 9.78 Å². The second kappa shape index (κ2) is 8.66. The van der Waals surface area contributed by atoms with Crippen LogP contribution in [0.4, 0.5) is 11.4 Å². The van der Waals surface area contributed by atoms with Crippen molar-refractivity contribution in [3.8, 4) is 11.4 Å². The van der Waals surface area contributed by atoms with Gasteiger partial charge in [-0.15, -0.1) is 0 Å². The van der Waals surface area contributed by atoms with Gasteiger partial charge in [0.2, 0.25) is 5.91 Å². The Bertz CT molecular complexity index is 1520. The monoisotopic (exact) mass is 465 g/mol. The lowest BCUT2D eigenvalue weighted by Crippen LogP contribution is -2.39. The van der Waals surface area contributed by atoms with Gasteiger partial charge in [0, 0.05) is 44.6 Å². The first-order chi connectivity index (χ1) is 18.7. The molecule has 1 saturated heterocycles. The van der Waals surface area contributed by atoms with Crippen LogP contribution in [-0.4, -0.2) is 47.7 Å². The van der Waals surface area contributed by atoms with Crippen LogP contribution >= 0.6 is 0 Å². The number of methoxy groups -OCH3 is 1. The SMILES string of the molecule is [2H]C1([2H])CN(c2ccc(N3CCc4c(C(N)=O)nn(-c5ccc(OC)cc5)c4C3=O)cc2)C(=O)C([2H])([2H])C1([2H])[2H]. The molecule has 1 aromatic heterocycles. The van der Waals surface area contributed by atoms with Crippen LogP contribution in [0, 0.1) is 0 Å². The minimum Gasteiger partial charge on any atom is -0.497 e. The average molecular weight is 466 g/mol. The molecule has 2 aliphatic heterocycles. The van der Waals surface area contributed by atoms with Crippen molar-refractivity contribution in [3.63, 3.8) is 0 Å². The Hall–Kier alpha value is -4.14. The summed E-state index contributed by atoms with van der Waals surface area (Å²) in [6.07, 6.45) is -8.48. The van der Waals surface area contributed by atoms with Gasteiger partial charge in [-0.3, -0.25) is 14.4 Å². The van der Waals surface area contributed by atoms with E-state index in [4.69, 9.17) is 18.7 Å². The Morgan fingerprint density at radius 1 is 0.971 bits per heavy atom. The fourth-order valence-electron chi connectivity index (χ4n) is 4.09. The van der Waals surface area contributed by atoms with Gasteiger partial charge < -0.3 is 20.3 Å². The van der Waals surface area contributed by atoms with Crippen molar-refractivity contribution in [1.29, 1.82) is 0 Å². The van der Waals surface area contributed by atoms with Crippen LogP contribution in [0.1, 0.15) is 53.9 Å². The minimum absolute atomic E-state index is 0.00110. The summed E-state index contributed by atoms with van der Waals surface area (Å²) < 4.78 is 54.4. The summed E-state index contributed by atoms with van der Waals surface area (Å²) in [5.74, 6) is -1.80. The molecule has 0 bridgehead atoms. The van der Waals surface area contributed by atoms with Gasteiger partial charge in [0.05, 0.1) is 12.8 Å². The van der Waals surface area contributed by atoms with Crippen LogP contribution in [0.25, 0.3) is 5.69 Å². The number of benzene rings is 2. The number of carbonyl (C=O) groups excluding carboxylic acids is 3. The lowest BCUT2D eigenvalue weighted by atomic mass is 10.0. The Balaban J connectivity index is 1.48. The number of hydrogen-bond donors (Lipinski definition) is 1. The van der Waals surface area contributed by atoms with Crippen LogP contribution in [0.2, 0.25) is 0 Å². The smallest absolute Gasteiger partial charge is 0.277 e. The molecule has 174 valence electrons. The molecular weight excluding hydrogens is 434 g/mol. The van der Waals surface area contributed by atoms with E-state index in [-0.39, 0.29) is 30.0 Å². The van der Waals surface area contributed by atoms with E-state index in [2.05, 4.69) is 5.10 Å². The molecular formula is C25H25N5O4. The van der Waals surface area contributed by atoms with Crippen molar-refractivity contribution < 1.29 is 27.3 Å². The van der Waals surface area contributed by atoms with E-state index in [1.807, 2.05) is 0 Å². The third kappa shape index (κ3) is 3.68. The average Bonchev–Trinajstić information content (AvgIpc) is 3.32. The Labute approximate surface area is 205 Å². The summed E-state index contributed by atoms with van der Waals surface area (Å²) in [5.41, 5.74) is 7.26. The molecule has 3 amide bonds. The van der Waals surface area contributed by atoms with E-state index in [9.17, 15) is 14.4 Å². The normalized spacial score (nSPS) is 23.0. The molecule has 2 aliphatic rings. The van der Waals surface area contributed by atoms with Crippen molar-refractivity contribution in [2.45, 2.75) is 25.5 Å². The van der Waals surface area contributed by atoms with E-state index < -0.39 is 43.4 Å². The second-order valence-electron chi connectivity index (χ2n) is 7.69. The first-order valence-corrected chi connectivity index (χ1v) is 10.5. The van der Waals surface area contributed by atoms with E-state index >= 15 is 0 Å². The third-order valence-corrected chi connectivity index (χ3v) is 5.78. The first kappa shape index (κ1) is 15.7. The number of rotatable bonds is 5. The van der Waals surface area contributed by atoms with Gasteiger partial charge in [0.1, 0.15) is 11.4 Å². The standard InChI is InChI=1S/C25H25N5O4/c1-34-19-11-9-18(10-12-19)30-23-20(22(27-30)24(26)32)13-15-29(25(23)33)17-7-5-16(6-8-17)28-14-3-2-4-21(28)31/h5-12H,2-4,13-15H2,1H3,(H2,26,32)/i2D2,3D2,4D2. The number of primary amides is 1. The Kier molecular flexibility index (Phi) is 3.99. The zero-order valence-corrected chi connectivity index (χ0v) is 18.2. The summed E-state index contributed by atoms with van der Waals surface area (Å²) >= 11 is 0. The molecule has 0 atom stereocenters. The Morgan fingerprint density at radius 3 is 2.26 bits per heavy atom. The maximum atomic E-state index is 13.7. The molecule has 0 saturated carbocycles. The Morgan fingerprint density at radius 2 is 1.62 bits per heavy atom. The van der Waals surface area contributed by atoms with Crippen molar-refractivity contribution >= 4 is 29.1 Å².